The average Bonchev–Trinajstić information content (AvgIpc) is 3.15. The zero-order valence-corrected chi connectivity index (χ0v) is 15.3. The molecule has 8 nitrogen and oxygen atoms in total. The topological polar surface area (TPSA) is 93.0 Å². The third kappa shape index (κ3) is 3.89. The normalized spacial score (nSPS) is 15.3. The van der Waals surface area contributed by atoms with Gasteiger partial charge in [-0.1, -0.05) is 13.8 Å². The molecule has 0 unspecified atom stereocenters. The quantitative estimate of drug-likeness (QED) is 0.902. The summed E-state index contributed by atoms with van der Waals surface area (Å²) in [5.41, 5.74) is 2.59. The molecule has 2 amide bonds. The molecule has 26 heavy (non-hydrogen) atoms. The van der Waals surface area contributed by atoms with E-state index in [0.717, 1.165) is 16.9 Å². The maximum Gasteiger partial charge on any atom is 0.227 e. The van der Waals surface area contributed by atoms with Crippen LogP contribution in [0.15, 0.2) is 24.5 Å². The van der Waals surface area contributed by atoms with Crippen LogP contribution in [0.3, 0.4) is 0 Å². The summed E-state index contributed by atoms with van der Waals surface area (Å²) in [5.74, 6) is 0.113. The predicted octanol–water partition coefficient (Wildman–Crippen LogP) is 1.80. The van der Waals surface area contributed by atoms with E-state index in [1.807, 2.05) is 43.9 Å². The molecule has 0 aliphatic carbocycles. The summed E-state index contributed by atoms with van der Waals surface area (Å²) in [7, 11) is 0. The predicted molar refractivity (Wildman–Crippen MR) is 96.7 cm³/mol. The minimum absolute atomic E-state index is 0.00190. The van der Waals surface area contributed by atoms with E-state index < -0.39 is 0 Å². The monoisotopic (exact) mass is 356 g/mol. The Kier molecular flexibility index (Phi) is 5.29. The van der Waals surface area contributed by atoms with Crippen LogP contribution in [0, 0.1) is 18.8 Å². The fourth-order valence-electron chi connectivity index (χ4n) is 3.23. The molecular formula is C18H24N6O2. The number of aryl methyl sites for hydroxylation is 1. The Morgan fingerprint density at radius 3 is 2.54 bits per heavy atom. The Labute approximate surface area is 152 Å². The van der Waals surface area contributed by atoms with Crippen molar-refractivity contribution in [1.29, 1.82) is 0 Å². The van der Waals surface area contributed by atoms with Crippen molar-refractivity contribution in [3.63, 3.8) is 0 Å². The molecule has 1 aliphatic heterocycles. The highest BCUT2D eigenvalue weighted by molar-refractivity contribution is 5.93. The van der Waals surface area contributed by atoms with Gasteiger partial charge in [-0.05, 0) is 54.0 Å². The molecule has 8 heteroatoms. The lowest BCUT2D eigenvalue weighted by Gasteiger charge is -2.32. The number of aromatic nitrogens is 4. The second-order valence-electron chi connectivity index (χ2n) is 7.00. The largest absolute Gasteiger partial charge is 0.342 e. The molecule has 0 atom stereocenters. The van der Waals surface area contributed by atoms with Crippen molar-refractivity contribution in [2.45, 2.75) is 33.6 Å². The van der Waals surface area contributed by atoms with E-state index in [-0.39, 0.29) is 23.7 Å². The Balaban J connectivity index is 1.59. The van der Waals surface area contributed by atoms with Gasteiger partial charge in [-0.15, -0.1) is 5.10 Å². The lowest BCUT2D eigenvalue weighted by molar-refractivity contribution is -0.137. The van der Waals surface area contributed by atoms with Crippen molar-refractivity contribution >= 4 is 17.5 Å². The first-order valence-electron chi connectivity index (χ1n) is 8.89. The van der Waals surface area contributed by atoms with E-state index in [9.17, 15) is 9.59 Å². The summed E-state index contributed by atoms with van der Waals surface area (Å²) in [6.45, 7) is 7.05. The van der Waals surface area contributed by atoms with E-state index in [1.54, 1.807) is 4.68 Å². The third-order valence-corrected chi connectivity index (χ3v) is 4.73. The molecule has 0 spiro atoms. The number of carbonyl (C=O) groups excluding carboxylic acids is 2. The van der Waals surface area contributed by atoms with E-state index in [2.05, 4.69) is 20.8 Å². The van der Waals surface area contributed by atoms with Crippen LogP contribution in [0.4, 0.5) is 5.69 Å². The Bertz CT molecular complexity index is 779. The number of nitrogens with zero attached hydrogens (tertiary/aromatic N) is 5. The summed E-state index contributed by atoms with van der Waals surface area (Å²) < 4.78 is 1.59. The summed E-state index contributed by atoms with van der Waals surface area (Å²) in [6, 6.07) is 5.64. The van der Waals surface area contributed by atoms with Gasteiger partial charge in [-0.2, -0.15) is 0 Å². The van der Waals surface area contributed by atoms with E-state index in [1.165, 1.54) is 6.33 Å². The van der Waals surface area contributed by atoms with Crippen molar-refractivity contribution in [3.8, 4) is 5.69 Å². The zero-order valence-electron chi connectivity index (χ0n) is 15.3. The molecule has 138 valence electrons. The first-order valence-corrected chi connectivity index (χ1v) is 8.89. The van der Waals surface area contributed by atoms with E-state index in [0.29, 0.717) is 25.9 Å². The summed E-state index contributed by atoms with van der Waals surface area (Å²) in [4.78, 5) is 26.5. The molecule has 0 saturated carbocycles. The highest BCUT2D eigenvalue weighted by Crippen LogP contribution is 2.22. The van der Waals surface area contributed by atoms with Crippen LogP contribution in [-0.2, 0) is 9.59 Å². The first kappa shape index (κ1) is 18.0. The fourth-order valence-corrected chi connectivity index (χ4v) is 3.23. The minimum Gasteiger partial charge on any atom is -0.342 e. The average molecular weight is 356 g/mol. The molecule has 1 aromatic carbocycles. The number of hydrogen-bond donors (Lipinski definition) is 1. The number of piperidine rings is 1. The standard InChI is InChI=1S/C18H24N6O2/c1-12(2)18(26)23-8-6-14(7-9-23)17(25)20-15-4-5-16(13(3)10-15)24-11-19-21-22-24/h4-5,10-12,14H,6-9H2,1-3H3,(H,20,25). The molecule has 1 N–H and O–H groups in total. The van der Waals surface area contributed by atoms with Crippen molar-refractivity contribution < 1.29 is 9.59 Å². The SMILES string of the molecule is Cc1cc(NC(=O)C2CCN(C(=O)C(C)C)CC2)ccc1-n1cnnn1. The lowest BCUT2D eigenvalue weighted by atomic mass is 9.95. The fraction of sp³-hybridized carbons (Fsp3) is 0.500. The second-order valence-corrected chi connectivity index (χ2v) is 7.00. The van der Waals surface area contributed by atoms with Gasteiger partial charge in [-0.3, -0.25) is 9.59 Å². The van der Waals surface area contributed by atoms with E-state index in [4.69, 9.17) is 0 Å². The van der Waals surface area contributed by atoms with Gasteiger partial charge in [0, 0.05) is 30.6 Å². The Morgan fingerprint density at radius 1 is 1.23 bits per heavy atom. The van der Waals surface area contributed by atoms with Crippen LogP contribution in [0.2, 0.25) is 0 Å². The molecule has 0 radical (unpaired) electrons. The minimum atomic E-state index is -0.0642. The van der Waals surface area contributed by atoms with Gasteiger partial charge in [0.05, 0.1) is 5.69 Å². The number of hydrogen-bond acceptors (Lipinski definition) is 5. The van der Waals surface area contributed by atoms with Gasteiger partial charge in [0.15, 0.2) is 0 Å². The van der Waals surface area contributed by atoms with Crippen LogP contribution in [0.1, 0.15) is 32.3 Å². The first-order chi connectivity index (χ1) is 12.5. The van der Waals surface area contributed by atoms with Gasteiger partial charge in [0.25, 0.3) is 0 Å². The number of rotatable bonds is 4. The number of benzene rings is 1. The number of anilines is 1. The van der Waals surface area contributed by atoms with Crippen molar-refractivity contribution in [3.05, 3.63) is 30.1 Å². The third-order valence-electron chi connectivity index (χ3n) is 4.73. The maximum atomic E-state index is 12.6. The molecule has 2 heterocycles. The van der Waals surface area contributed by atoms with Gasteiger partial charge in [-0.25, -0.2) is 4.68 Å². The van der Waals surface area contributed by atoms with Crippen molar-refractivity contribution in [1.82, 2.24) is 25.1 Å². The molecule has 1 saturated heterocycles. The number of amides is 2. The second kappa shape index (κ2) is 7.63. The van der Waals surface area contributed by atoms with Crippen LogP contribution < -0.4 is 5.32 Å². The van der Waals surface area contributed by atoms with Gasteiger partial charge in [0.2, 0.25) is 11.8 Å². The summed E-state index contributed by atoms with van der Waals surface area (Å²) in [5, 5.41) is 14.1. The molecular weight excluding hydrogens is 332 g/mol. The molecule has 0 bridgehead atoms. The molecule has 1 fully saturated rings. The molecule has 3 rings (SSSR count). The number of carbonyl (C=O) groups is 2. The highest BCUT2D eigenvalue weighted by atomic mass is 16.2. The number of likely N-dealkylation sites (tertiary alicyclic amines) is 1. The number of nitrogens with one attached hydrogen (secondary N) is 1. The van der Waals surface area contributed by atoms with Gasteiger partial charge >= 0.3 is 0 Å². The lowest BCUT2D eigenvalue weighted by Crippen LogP contribution is -2.43. The van der Waals surface area contributed by atoms with Gasteiger partial charge in [0.1, 0.15) is 6.33 Å². The Hall–Kier alpha value is -2.77. The smallest absolute Gasteiger partial charge is 0.227 e. The molecule has 2 aromatic rings. The molecule has 1 aliphatic rings. The van der Waals surface area contributed by atoms with Crippen molar-refractivity contribution in [2.75, 3.05) is 18.4 Å². The zero-order chi connectivity index (χ0) is 18.7. The number of tetrazole rings is 1. The van der Waals surface area contributed by atoms with Crippen molar-refractivity contribution in [2.24, 2.45) is 11.8 Å². The van der Waals surface area contributed by atoms with Crippen LogP contribution in [-0.4, -0.2) is 50.0 Å². The Morgan fingerprint density at radius 2 is 1.96 bits per heavy atom. The summed E-state index contributed by atoms with van der Waals surface area (Å²) >= 11 is 0. The van der Waals surface area contributed by atoms with Crippen LogP contribution in [0.25, 0.3) is 5.69 Å². The van der Waals surface area contributed by atoms with Crippen LogP contribution >= 0.6 is 0 Å². The van der Waals surface area contributed by atoms with Crippen LogP contribution in [0.5, 0.6) is 0 Å². The molecule has 1 aromatic heterocycles. The van der Waals surface area contributed by atoms with E-state index >= 15 is 0 Å². The summed E-state index contributed by atoms with van der Waals surface area (Å²) in [6.07, 6.45) is 2.94. The van der Waals surface area contributed by atoms with Gasteiger partial charge < -0.3 is 10.2 Å². The maximum absolute atomic E-state index is 12.6. The highest BCUT2D eigenvalue weighted by Gasteiger charge is 2.28.